The fourth-order valence-electron chi connectivity index (χ4n) is 2.29. The second kappa shape index (κ2) is 5.83. The van der Waals surface area contributed by atoms with Gasteiger partial charge in [0.1, 0.15) is 11.5 Å². The first kappa shape index (κ1) is 13.4. The maximum absolute atomic E-state index is 11.6. The van der Waals surface area contributed by atoms with Gasteiger partial charge in [-0.25, -0.2) is 0 Å². The minimum atomic E-state index is 0.0276. The van der Waals surface area contributed by atoms with Gasteiger partial charge in [0.25, 0.3) is 0 Å². The van der Waals surface area contributed by atoms with Gasteiger partial charge in [-0.05, 0) is 49.2 Å². The number of hydrogen-bond donors (Lipinski definition) is 1. The molecule has 0 saturated carbocycles. The maximum atomic E-state index is 11.6. The molecule has 1 aliphatic rings. The summed E-state index contributed by atoms with van der Waals surface area (Å²) in [4.78, 5) is 11.6. The van der Waals surface area contributed by atoms with E-state index in [0.29, 0.717) is 0 Å². The number of benzene rings is 2. The van der Waals surface area contributed by atoms with E-state index in [1.165, 1.54) is 5.56 Å². The van der Waals surface area contributed by atoms with Gasteiger partial charge in [0.15, 0.2) is 0 Å². The third kappa shape index (κ3) is 3.31. The van der Waals surface area contributed by atoms with Gasteiger partial charge in [0.05, 0.1) is 0 Å². The number of hydrogen-bond acceptors (Lipinski definition) is 2. The average Bonchev–Trinajstić information content (AvgIpc) is 2.87. The molecule has 1 fully saturated rings. The number of rotatable bonds is 3. The Bertz CT molecular complexity index is 687. The molecule has 0 radical (unpaired) electrons. The minimum Gasteiger partial charge on any atom is -0.457 e. The second-order valence-electron chi connectivity index (χ2n) is 5.16. The van der Waals surface area contributed by atoms with E-state index in [-0.39, 0.29) is 5.91 Å². The van der Waals surface area contributed by atoms with Gasteiger partial charge in [0.2, 0.25) is 5.91 Å². The fraction of sp³-hybridized carbons (Fsp3) is 0.167. The molecule has 3 heteroatoms. The molecule has 21 heavy (non-hydrogen) atoms. The highest BCUT2D eigenvalue weighted by Crippen LogP contribution is 2.24. The van der Waals surface area contributed by atoms with E-state index >= 15 is 0 Å². The Morgan fingerprint density at radius 3 is 2.62 bits per heavy atom. The van der Waals surface area contributed by atoms with E-state index in [1.807, 2.05) is 61.5 Å². The SMILES string of the molecule is Cc1ccc(Oc2cccc(C=C3CCNC3=O)c2)cc1. The van der Waals surface area contributed by atoms with Crippen LogP contribution < -0.4 is 10.1 Å². The predicted octanol–water partition coefficient (Wildman–Crippen LogP) is 3.69. The zero-order valence-corrected chi connectivity index (χ0v) is 11.9. The number of nitrogens with one attached hydrogen (secondary N) is 1. The Labute approximate surface area is 124 Å². The maximum Gasteiger partial charge on any atom is 0.247 e. The summed E-state index contributed by atoms with van der Waals surface area (Å²) in [7, 11) is 0. The van der Waals surface area contributed by atoms with E-state index in [1.54, 1.807) is 0 Å². The third-order valence-corrected chi connectivity index (χ3v) is 3.43. The van der Waals surface area contributed by atoms with Crippen LogP contribution >= 0.6 is 0 Å². The van der Waals surface area contributed by atoms with Gasteiger partial charge in [-0.3, -0.25) is 4.79 Å². The predicted molar refractivity (Wildman–Crippen MR) is 83.3 cm³/mol. The van der Waals surface area contributed by atoms with Crippen molar-refractivity contribution in [3.05, 3.63) is 65.2 Å². The van der Waals surface area contributed by atoms with Gasteiger partial charge < -0.3 is 10.1 Å². The first-order valence-corrected chi connectivity index (χ1v) is 7.04. The molecule has 1 aliphatic heterocycles. The second-order valence-corrected chi connectivity index (χ2v) is 5.16. The number of carbonyl (C=O) groups excluding carboxylic acids is 1. The van der Waals surface area contributed by atoms with Gasteiger partial charge in [-0.2, -0.15) is 0 Å². The summed E-state index contributed by atoms with van der Waals surface area (Å²) >= 11 is 0. The van der Waals surface area contributed by atoms with Crippen LogP contribution in [0.4, 0.5) is 0 Å². The molecule has 0 atom stereocenters. The molecule has 3 rings (SSSR count). The van der Waals surface area contributed by atoms with Crippen LogP contribution in [0.2, 0.25) is 0 Å². The minimum absolute atomic E-state index is 0.0276. The quantitative estimate of drug-likeness (QED) is 0.870. The lowest BCUT2D eigenvalue weighted by Gasteiger charge is -2.07. The van der Waals surface area contributed by atoms with Gasteiger partial charge >= 0.3 is 0 Å². The Kier molecular flexibility index (Phi) is 3.73. The molecule has 1 saturated heterocycles. The highest BCUT2D eigenvalue weighted by atomic mass is 16.5. The van der Waals surface area contributed by atoms with Crippen LogP contribution in [-0.4, -0.2) is 12.5 Å². The van der Waals surface area contributed by atoms with Crippen LogP contribution in [0.5, 0.6) is 11.5 Å². The fourth-order valence-corrected chi connectivity index (χ4v) is 2.29. The lowest BCUT2D eigenvalue weighted by molar-refractivity contribution is -0.116. The molecular weight excluding hydrogens is 262 g/mol. The van der Waals surface area contributed by atoms with Crippen LogP contribution in [0.25, 0.3) is 6.08 Å². The zero-order valence-electron chi connectivity index (χ0n) is 11.9. The summed E-state index contributed by atoms with van der Waals surface area (Å²) < 4.78 is 5.84. The highest BCUT2D eigenvalue weighted by Gasteiger charge is 2.15. The lowest BCUT2D eigenvalue weighted by atomic mass is 10.1. The van der Waals surface area contributed by atoms with Crippen LogP contribution in [0.1, 0.15) is 17.5 Å². The van der Waals surface area contributed by atoms with Crippen LogP contribution in [0.15, 0.2) is 54.1 Å². The highest BCUT2D eigenvalue weighted by molar-refractivity contribution is 5.99. The van der Waals surface area contributed by atoms with Crippen molar-refractivity contribution < 1.29 is 9.53 Å². The Balaban J connectivity index is 1.80. The van der Waals surface area contributed by atoms with Crippen molar-refractivity contribution in [2.24, 2.45) is 0 Å². The molecule has 0 bridgehead atoms. The standard InChI is InChI=1S/C18H17NO2/c1-13-5-7-16(8-6-13)21-17-4-2-3-14(12-17)11-15-9-10-19-18(15)20/h2-8,11-12H,9-10H2,1H3,(H,19,20). The Hall–Kier alpha value is -2.55. The smallest absolute Gasteiger partial charge is 0.247 e. The summed E-state index contributed by atoms with van der Waals surface area (Å²) in [5.41, 5.74) is 3.00. The number of carbonyl (C=O) groups is 1. The topological polar surface area (TPSA) is 38.3 Å². The third-order valence-electron chi connectivity index (χ3n) is 3.43. The van der Waals surface area contributed by atoms with Crippen LogP contribution in [0.3, 0.4) is 0 Å². The molecule has 1 N–H and O–H groups in total. The van der Waals surface area contributed by atoms with Crippen molar-refractivity contribution in [3.63, 3.8) is 0 Å². The number of amides is 1. The Morgan fingerprint density at radius 2 is 1.90 bits per heavy atom. The average molecular weight is 279 g/mol. The lowest BCUT2D eigenvalue weighted by Crippen LogP contribution is -2.13. The van der Waals surface area contributed by atoms with Gasteiger partial charge in [-0.1, -0.05) is 29.8 Å². The Morgan fingerprint density at radius 1 is 1.10 bits per heavy atom. The first-order valence-electron chi connectivity index (χ1n) is 7.04. The van der Waals surface area contributed by atoms with Crippen LogP contribution in [0, 0.1) is 6.92 Å². The van der Waals surface area contributed by atoms with E-state index in [9.17, 15) is 4.79 Å². The van der Waals surface area contributed by atoms with Crippen molar-refractivity contribution in [2.75, 3.05) is 6.54 Å². The molecule has 1 amide bonds. The van der Waals surface area contributed by atoms with E-state index in [0.717, 1.165) is 35.6 Å². The molecular formula is C18H17NO2. The van der Waals surface area contributed by atoms with E-state index in [2.05, 4.69) is 5.32 Å². The summed E-state index contributed by atoms with van der Waals surface area (Å²) in [6, 6.07) is 15.7. The molecule has 106 valence electrons. The molecule has 2 aromatic rings. The van der Waals surface area contributed by atoms with Gasteiger partial charge in [-0.15, -0.1) is 0 Å². The normalized spacial score (nSPS) is 16.0. The molecule has 0 spiro atoms. The molecule has 0 aromatic heterocycles. The molecule has 0 aliphatic carbocycles. The summed E-state index contributed by atoms with van der Waals surface area (Å²) in [6.45, 7) is 2.77. The van der Waals surface area contributed by atoms with Crippen molar-refractivity contribution in [1.29, 1.82) is 0 Å². The van der Waals surface area contributed by atoms with Crippen LogP contribution in [-0.2, 0) is 4.79 Å². The molecule has 2 aromatic carbocycles. The zero-order chi connectivity index (χ0) is 14.7. The molecule has 1 heterocycles. The largest absolute Gasteiger partial charge is 0.457 e. The summed E-state index contributed by atoms with van der Waals surface area (Å²) in [5.74, 6) is 1.61. The molecule has 3 nitrogen and oxygen atoms in total. The van der Waals surface area contributed by atoms with Crippen molar-refractivity contribution in [3.8, 4) is 11.5 Å². The monoisotopic (exact) mass is 279 g/mol. The summed E-state index contributed by atoms with van der Waals surface area (Å²) in [6.07, 6.45) is 2.70. The van der Waals surface area contributed by atoms with E-state index < -0.39 is 0 Å². The van der Waals surface area contributed by atoms with Crippen molar-refractivity contribution in [1.82, 2.24) is 5.32 Å². The first-order chi connectivity index (χ1) is 10.2. The van der Waals surface area contributed by atoms with Crippen molar-refractivity contribution >= 4 is 12.0 Å². The van der Waals surface area contributed by atoms with Gasteiger partial charge in [0, 0.05) is 12.1 Å². The van der Waals surface area contributed by atoms with Crippen molar-refractivity contribution in [2.45, 2.75) is 13.3 Å². The number of ether oxygens (including phenoxy) is 1. The van der Waals surface area contributed by atoms with E-state index in [4.69, 9.17) is 4.74 Å². The summed E-state index contributed by atoms with van der Waals surface area (Å²) in [5, 5.41) is 2.81. The molecule has 0 unspecified atom stereocenters. The number of aryl methyl sites for hydroxylation is 1.